The zero-order chi connectivity index (χ0) is 12.4. The second kappa shape index (κ2) is 5.06. The Kier molecular flexibility index (Phi) is 3.69. The molecule has 1 saturated heterocycles. The lowest BCUT2D eigenvalue weighted by Gasteiger charge is -2.27. The molecule has 94 valence electrons. The highest BCUT2D eigenvalue weighted by Gasteiger charge is 2.18. The summed E-state index contributed by atoms with van der Waals surface area (Å²) in [5, 5.41) is 8.14. The monoisotopic (exact) mass is 256 g/mol. The average molecular weight is 257 g/mol. The molecule has 0 aliphatic carbocycles. The molecule has 0 unspecified atom stereocenters. The fourth-order valence-corrected chi connectivity index (χ4v) is 2.11. The van der Waals surface area contributed by atoms with Crippen LogP contribution in [0.1, 0.15) is 11.4 Å². The van der Waals surface area contributed by atoms with Crippen LogP contribution in [-0.2, 0) is 11.3 Å². The standard InChI is InChI=1S/C11H17ClN4O/c1-8-11(12)9(2)16(14-8)7-10(17)15-5-3-13-4-6-15/h13H,3-7H2,1-2H3. The van der Waals surface area contributed by atoms with E-state index in [4.69, 9.17) is 11.6 Å². The Balaban J connectivity index is 2.04. The van der Waals surface area contributed by atoms with Gasteiger partial charge in [-0.2, -0.15) is 5.10 Å². The van der Waals surface area contributed by atoms with Gasteiger partial charge in [0.1, 0.15) is 6.54 Å². The molecule has 1 amide bonds. The van der Waals surface area contributed by atoms with Gasteiger partial charge in [-0.1, -0.05) is 11.6 Å². The van der Waals surface area contributed by atoms with E-state index in [1.807, 2.05) is 18.7 Å². The molecule has 1 aromatic rings. The van der Waals surface area contributed by atoms with Crippen molar-refractivity contribution in [3.8, 4) is 0 Å². The Morgan fingerprint density at radius 1 is 1.41 bits per heavy atom. The Bertz CT molecular complexity index is 423. The molecule has 1 aliphatic heterocycles. The molecule has 2 heterocycles. The number of carbonyl (C=O) groups is 1. The second-order valence-corrected chi connectivity index (χ2v) is 4.65. The van der Waals surface area contributed by atoms with Gasteiger partial charge in [0.05, 0.1) is 16.4 Å². The average Bonchev–Trinajstić information content (AvgIpc) is 2.58. The van der Waals surface area contributed by atoms with Crippen molar-refractivity contribution < 1.29 is 4.79 Å². The van der Waals surface area contributed by atoms with Gasteiger partial charge in [-0.05, 0) is 13.8 Å². The first-order chi connectivity index (χ1) is 8.09. The minimum Gasteiger partial charge on any atom is -0.339 e. The van der Waals surface area contributed by atoms with E-state index < -0.39 is 0 Å². The highest BCUT2D eigenvalue weighted by molar-refractivity contribution is 6.31. The van der Waals surface area contributed by atoms with Crippen LogP contribution in [0, 0.1) is 13.8 Å². The van der Waals surface area contributed by atoms with Crippen LogP contribution < -0.4 is 5.32 Å². The molecule has 0 saturated carbocycles. The summed E-state index contributed by atoms with van der Waals surface area (Å²) in [4.78, 5) is 13.9. The van der Waals surface area contributed by atoms with Crippen LogP contribution in [0.25, 0.3) is 0 Å². The molecule has 1 fully saturated rings. The number of carbonyl (C=O) groups excluding carboxylic acids is 1. The Morgan fingerprint density at radius 3 is 2.59 bits per heavy atom. The van der Waals surface area contributed by atoms with Crippen LogP contribution in [0.3, 0.4) is 0 Å². The second-order valence-electron chi connectivity index (χ2n) is 4.27. The molecular weight excluding hydrogens is 240 g/mol. The maximum absolute atomic E-state index is 12.0. The molecule has 0 atom stereocenters. The lowest BCUT2D eigenvalue weighted by Crippen LogP contribution is -2.47. The summed E-state index contributed by atoms with van der Waals surface area (Å²) in [7, 11) is 0. The topological polar surface area (TPSA) is 50.2 Å². The van der Waals surface area contributed by atoms with Gasteiger partial charge in [0, 0.05) is 26.2 Å². The number of amides is 1. The van der Waals surface area contributed by atoms with E-state index >= 15 is 0 Å². The van der Waals surface area contributed by atoms with Crippen molar-refractivity contribution in [1.82, 2.24) is 20.0 Å². The molecule has 0 spiro atoms. The third-order valence-electron chi connectivity index (χ3n) is 3.05. The fraction of sp³-hybridized carbons (Fsp3) is 0.636. The van der Waals surface area contributed by atoms with Gasteiger partial charge in [0.2, 0.25) is 5.91 Å². The summed E-state index contributed by atoms with van der Waals surface area (Å²) in [5.41, 5.74) is 1.63. The van der Waals surface area contributed by atoms with Gasteiger partial charge < -0.3 is 10.2 Å². The highest BCUT2D eigenvalue weighted by Crippen LogP contribution is 2.18. The van der Waals surface area contributed by atoms with E-state index in [1.165, 1.54) is 0 Å². The summed E-state index contributed by atoms with van der Waals surface area (Å²) < 4.78 is 1.68. The Labute approximate surface area is 106 Å². The third kappa shape index (κ3) is 2.61. The highest BCUT2D eigenvalue weighted by atomic mass is 35.5. The molecule has 0 bridgehead atoms. The first-order valence-electron chi connectivity index (χ1n) is 5.77. The third-order valence-corrected chi connectivity index (χ3v) is 3.59. The molecule has 17 heavy (non-hydrogen) atoms. The van der Waals surface area contributed by atoms with Crippen molar-refractivity contribution in [3.05, 3.63) is 16.4 Å². The molecule has 1 aromatic heterocycles. The number of nitrogens with zero attached hydrogens (tertiary/aromatic N) is 3. The van der Waals surface area contributed by atoms with Crippen LogP contribution >= 0.6 is 11.6 Å². The van der Waals surface area contributed by atoms with Crippen molar-refractivity contribution in [2.75, 3.05) is 26.2 Å². The summed E-state index contributed by atoms with van der Waals surface area (Å²) in [6, 6.07) is 0. The first kappa shape index (κ1) is 12.4. The molecule has 2 rings (SSSR count). The van der Waals surface area contributed by atoms with Crippen molar-refractivity contribution in [3.63, 3.8) is 0 Å². The van der Waals surface area contributed by atoms with Crippen LogP contribution in [0.4, 0.5) is 0 Å². The Hall–Kier alpha value is -1.07. The van der Waals surface area contributed by atoms with Gasteiger partial charge in [-0.3, -0.25) is 9.48 Å². The molecule has 1 aliphatic rings. The molecule has 5 nitrogen and oxygen atoms in total. The number of hydrogen-bond acceptors (Lipinski definition) is 3. The van der Waals surface area contributed by atoms with Crippen molar-refractivity contribution >= 4 is 17.5 Å². The number of halogens is 1. The number of aryl methyl sites for hydroxylation is 1. The van der Waals surface area contributed by atoms with Crippen molar-refractivity contribution in [2.24, 2.45) is 0 Å². The smallest absolute Gasteiger partial charge is 0.244 e. The van der Waals surface area contributed by atoms with E-state index in [9.17, 15) is 4.79 Å². The molecular formula is C11H17ClN4O. The predicted molar refractivity (Wildman–Crippen MR) is 66.2 cm³/mol. The quantitative estimate of drug-likeness (QED) is 0.843. The molecule has 6 heteroatoms. The van der Waals surface area contributed by atoms with Gasteiger partial charge in [0.15, 0.2) is 0 Å². The van der Waals surface area contributed by atoms with Crippen molar-refractivity contribution in [1.29, 1.82) is 0 Å². The van der Waals surface area contributed by atoms with E-state index in [-0.39, 0.29) is 12.5 Å². The summed E-state index contributed by atoms with van der Waals surface area (Å²) in [6.07, 6.45) is 0. The minimum absolute atomic E-state index is 0.105. The largest absolute Gasteiger partial charge is 0.339 e. The molecule has 0 radical (unpaired) electrons. The van der Waals surface area contributed by atoms with E-state index in [1.54, 1.807) is 4.68 Å². The first-order valence-corrected chi connectivity index (χ1v) is 6.15. The zero-order valence-corrected chi connectivity index (χ0v) is 10.9. The lowest BCUT2D eigenvalue weighted by atomic mass is 10.3. The zero-order valence-electron chi connectivity index (χ0n) is 10.2. The number of aromatic nitrogens is 2. The van der Waals surface area contributed by atoms with Gasteiger partial charge in [-0.25, -0.2) is 0 Å². The Morgan fingerprint density at radius 2 is 2.06 bits per heavy atom. The number of nitrogens with one attached hydrogen (secondary N) is 1. The molecule has 0 aromatic carbocycles. The minimum atomic E-state index is 0.105. The van der Waals surface area contributed by atoms with Gasteiger partial charge >= 0.3 is 0 Å². The summed E-state index contributed by atoms with van der Waals surface area (Å²) >= 11 is 6.05. The van der Waals surface area contributed by atoms with Crippen LogP contribution in [0.15, 0.2) is 0 Å². The van der Waals surface area contributed by atoms with Crippen LogP contribution in [-0.4, -0.2) is 46.8 Å². The van der Waals surface area contributed by atoms with E-state index in [0.717, 1.165) is 37.6 Å². The molecule has 1 N–H and O–H groups in total. The SMILES string of the molecule is Cc1nn(CC(=O)N2CCNCC2)c(C)c1Cl. The summed E-state index contributed by atoms with van der Waals surface area (Å²) in [5.74, 6) is 0.105. The van der Waals surface area contributed by atoms with E-state index in [2.05, 4.69) is 10.4 Å². The fourth-order valence-electron chi connectivity index (χ4n) is 1.97. The number of hydrogen-bond donors (Lipinski definition) is 1. The summed E-state index contributed by atoms with van der Waals surface area (Å²) in [6.45, 7) is 7.28. The maximum Gasteiger partial charge on any atom is 0.244 e. The normalized spacial score (nSPS) is 16.3. The number of piperazine rings is 1. The number of rotatable bonds is 2. The lowest BCUT2D eigenvalue weighted by molar-refractivity contribution is -0.132. The van der Waals surface area contributed by atoms with Crippen molar-refractivity contribution in [2.45, 2.75) is 20.4 Å². The van der Waals surface area contributed by atoms with E-state index in [0.29, 0.717) is 5.02 Å². The predicted octanol–water partition coefficient (Wildman–Crippen LogP) is 0.585. The van der Waals surface area contributed by atoms with Gasteiger partial charge in [-0.15, -0.1) is 0 Å². The van der Waals surface area contributed by atoms with Crippen LogP contribution in [0.2, 0.25) is 5.02 Å². The van der Waals surface area contributed by atoms with Gasteiger partial charge in [0.25, 0.3) is 0 Å². The van der Waals surface area contributed by atoms with Crippen LogP contribution in [0.5, 0.6) is 0 Å². The maximum atomic E-state index is 12.0.